The number of hydrogen-bond acceptors (Lipinski definition) is 2. The lowest BCUT2D eigenvalue weighted by atomic mass is 9.93. The highest BCUT2D eigenvalue weighted by atomic mass is 19.3. The molecule has 0 unspecified atom stereocenters. The molecule has 0 amide bonds. The van der Waals surface area contributed by atoms with E-state index in [0.717, 1.165) is 44.1 Å². The number of piperidine rings is 1. The fourth-order valence-corrected chi connectivity index (χ4v) is 2.75. The van der Waals surface area contributed by atoms with Crippen molar-refractivity contribution in [2.24, 2.45) is 11.7 Å². The van der Waals surface area contributed by atoms with Crippen molar-refractivity contribution in [1.29, 1.82) is 0 Å². The smallest absolute Gasteiger partial charge is 0.263 e. The van der Waals surface area contributed by atoms with Crippen molar-refractivity contribution < 1.29 is 8.78 Å². The summed E-state index contributed by atoms with van der Waals surface area (Å²) in [5.74, 6) is 0.744. The number of nitrogens with two attached hydrogens (primary N) is 1. The van der Waals surface area contributed by atoms with Crippen molar-refractivity contribution in [3.8, 4) is 0 Å². The molecule has 1 saturated heterocycles. The lowest BCUT2D eigenvalue weighted by Crippen LogP contribution is -2.33. The van der Waals surface area contributed by atoms with Crippen molar-refractivity contribution in [2.45, 2.75) is 32.2 Å². The topological polar surface area (TPSA) is 29.3 Å². The molecule has 0 atom stereocenters. The average molecular weight is 268 g/mol. The number of benzene rings is 1. The Morgan fingerprint density at radius 1 is 1.26 bits per heavy atom. The molecular weight excluding hydrogens is 246 g/mol. The molecule has 2 rings (SSSR count). The minimum atomic E-state index is -2.38. The Hall–Kier alpha value is -1.00. The Bertz CT molecular complexity index is 387. The number of alkyl halides is 2. The Labute approximate surface area is 113 Å². The van der Waals surface area contributed by atoms with E-state index in [-0.39, 0.29) is 5.56 Å². The summed E-state index contributed by atoms with van der Waals surface area (Å²) in [6.45, 7) is 3.63. The predicted molar refractivity (Wildman–Crippen MR) is 73.1 cm³/mol. The van der Waals surface area contributed by atoms with Crippen molar-refractivity contribution in [2.75, 3.05) is 19.6 Å². The van der Waals surface area contributed by atoms with Crippen LogP contribution in [0.2, 0.25) is 0 Å². The van der Waals surface area contributed by atoms with Gasteiger partial charge in [-0.25, -0.2) is 8.78 Å². The predicted octanol–water partition coefficient (Wildman–Crippen LogP) is 3.19. The number of nitrogens with zero attached hydrogens (tertiary/aromatic N) is 1. The summed E-state index contributed by atoms with van der Waals surface area (Å²) >= 11 is 0. The molecule has 106 valence electrons. The zero-order valence-electron chi connectivity index (χ0n) is 11.2. The first-order chi connectivity index (χ1) is 9.19. The van der Waals surface area contributed by atoms with E-state index in [2.05, 4.69) is 4.90 Å². The molecule has 4 heteroatoms. The van der Waals surface area contributed by atoms with Gasteiger partial charge in [0.05, 0.1) is 0 Å². The average Bonchev–Trinajstić information content (AvgIpc) is 2.42. The maximum atomic E-state index is 12.6. The summed E-state index contributed by atoms with van der Waals surface area (Å²) in [4.78, 5) is 2.34. The standard InChI is InChI=1S/C15H22F2N2/c16-15(17)14-3-1-2-13(10-14)11-19-8-5-12(4-7-18)6-9-19/h1-3,10,12,15H,4-9,11,18H2. The van der Waals surface area contributed by atoms with Crippen LogP contribution in [0.3, 0.4) is 0 Å². The van der Waals surface area contributed by atoms with Gasteiger partial charge in [-0.1, -0.05) is 18.2 Å². The fourth-order valence-electron chi connectivity index (χ4n) is 2.75. The van der Waals surface area contributed by atoms with Gasteiger partial charge < -0.3 is 5.73 Å². The molecule has 0 radical (unpaired) electrons. The van der Waals surface area contributed by atoms with Crippen LogP contribution in [-0.2, 0) is 6.54 Å². The maximum Gasteiger partial charge on any atom is 0.263 e. The maximum absolute atomic E-state index is 12.6. The molecule has 0 aromatic heterocycles. The first kappa shape index (κ1) is 14.4. The van der Waals surface area contributed by atoms with Crippen molar-refractivity contribution in [1.82, 2.24) is 4.90 Å². The Morgan fingerprint density at radius 3 is 2.63 bits per heavy atom. The monoisotopic (exact) mass is 268 g/mol. The van der Waals surface area contributed by atoms with E-state index in [0.29, 0.717) is 0 Å². The quantitative estimate of drug-likeness (QED) is 0.888. The summed E-state index contributed by atoms with van der Waals surface area (Å²) in [5, 5.41) is 0. The van der Waals surface area contributed by atoms with Gasteiger partial charge in [0.1, 0.15) is 0 Å². The van der Waals surface area contributed by atoms with Gasteiger partial charge >= 0.3 is 0 Å². The summed E-state index contributed by atoms with van der Waals surface area (Å²) in [5.41, 5.74) is 6.68. The lowest BCUT2D eigenvalue weighted by Gasteiger charge is -2.31. The third kappa shape index (κ3) is 4.25. The molecule has 1 aliphatic rings. The third-order valence-corrected chi connectivity index (χ3v) is 3.89. The molecule has 1 aromatic carbocycles. The van der Waals surface area contributed by atoms with Gasteiger partial charge in [0.15, 0.2) is 0 Å². The normalized spacial score (nSPS) is 18.1. The Kier molecular flexibility index (Phi) is 5.28. The molecule has 2 nitrogen and oxygen atoms in total. The van der Waals surface area contributed by atoms with Crippen LogP contribution < -0.4 is 5.73 Å². The van der Waals surface area contributed by atoms with Crippen LogP contribution >= 0.6 is 0 Å². The summed E-state index contributed by atoms with van der Waals surface area (Å²) < 4.78 is 25.3. The number of likely N-dealkylation sites (tertiary alicyclic amines) is 1. The first-order valence-corrected chi connectivity index (χ1v) is 6.98. The molecule has 0 spiro atoms. The van der Waals surface area contributed by atoms with E-state index in [4.69, 9.17) is 5.73 Å². The lowest BCUT2D eigenvalue weighted by molar-refractivity contribution is 0.150. The highest BCUT2D eigenvalue weighted by Gasteiger charge is 2.18. The number of halogens is 2. The molecule has 0 aliphatic carbocycles. The summed E-state index contributed by atoms with van der Waals surface area (Å²) in [7, 11) is 0. The molecule has 1 aromatic rings. The van der Waals surface area contributed by atoms with Crippen molar-refractivity contribution in [3.05, 3.63) is 35.4 Å². The van der Waals surface area contributed by atoms with Crippen LogP contribution in [0.15, 0.2) is 24.3 Å². The van der Waals surface area contributed by atoms with E-state index in [1.165, 1.54) is 18.9 Å². The zero-order chi connectivity index (χ0) is 13.7. The highest BCUT2D eigenvalue weighted by Crippen LogP contribution is 2.23. The molecule has 0 saturated carbocycles. The molecular formula is C15H22F2N2. The molecule has 1 fully saturated rings. The van der Waals surface area contributed by atoms with Crippen LogP contribution in [0.5, 0.6) is 0 Å². The highest BCUT2D eigenvalue weighted by molar-refractivity contribution is 5.24. The van der Waals surface area contributed by atoms with E-state index in [9.17, 15) is 8.78 Å². The van der Waals surface area contributed by atoms with Crippen LogP contribution in [0, 0.1) is 5.92 Å². The summed E-state index contributed by atoms with van der Waals surface area (Å²) in [6, 6.07) is 6.76. The second kappa shape index (κ2) is 6.96. The van der Waals surface area contributed by atoms with Gasteiger partial charge in [-0.3, -0.25) is 4.90 Å². The molecule has 1 aliphatic heterocycles. The SMILES string of the molecule is NCCC1CCN(Cc2cccc(C(F)F)c2)CC1. The minimum absolute atomic E-state index is 0.121. The number of rotatable bonds is 5. The van der Waals surface area contributed by atoms with Crippen LogP contribution in [-0.4, -0.2) is 24.5 Å². The second-order valence-corrected chi connectivity index (χ2v) is 5.34. The molecule has 19 heavy (non-hydrogen) atoms. The van der Waals surface area contributed by atoms with Gasteiger partial charge in [0, 0.05) is 12.1 Å². The first-order valence-electron chi connectivity index (χ1n) is 6.98. The summed E-state index contributed by atoms with van der Waals surface area (Å²) in [6.07, 6.45) is 1.07. The van der Waals surface area contributed by atoms with E-state index < -0.39 is 6.43 Å². The van der Waals surface area contributed by atoms with Crippen molar-refractivity contribution >= 4 is 0 Å². The third-order valence-electron chi connectivity index (χ3n) is 3.89. The largest absolute Gasteiger partial charge is 0.330 e. The Morgan fingerprint density at radius 2 is 2.00 bits per heavy atom. The van der Waals surface area contributed by atoms with E-state index in [1.54, 1.807) is 12.1 Å². The van der Waals surface area contributed by atoms with Crippen LogP contribution in [0.1, 0.15) is 36.8 Å². The van der Waals surface area contributed by atoms with E-state index >= 15 is 0 Å². The molecule has 2 N–H and O–H groups in total. The minimum Gasteiger partial charge on any atom is -0.330 e. The number of hydrogen-bond donors (Lipinski definition) is 1. The fraction of sp³-hybridized carbons (Fsp3) is 0.600. The second-order valence-electron chi connectivity index (χ2n) is 5.34. The van der Waals surface area contributed by atoms with Crippen LogP contribution in [0.4, 0.5) is 8.78 Å². The van der Waals surface area contributed by atoms with Gasteiger partial charge in [0.2, 0.25) is 0 Å². The van der Waals surface area contributed by atoms with Crippen LogP contribution in [0.25, 0.3) is 0 Å². The van der Waals surface area contributed by atoms with Gasteiger partial charge in [-0.15, -0.1) is 0 Å². The van der Waals surface area contributed by atoms with Gasteiger partial charge in [0.25, 0.3) is 6.43 Å². The van der Waals surface area contributed by atoms with Gasteiger partial charge in [-0.05, 0) is 56.4 Å². The van der Waals surface area contributed by atoms with Gasteiger partial charge in [-0.2, -0.15) is 0 Å². The van der Waals surface area contributed by atoms with Crippen molar-refractivity contribution in [3.63, 3.8) is 0 Å². The molecule has 1 heterocycles. The Balaban J connectivity index is 1.87. The van der Waals surface area contributed by atoms with E-state index in [1.807, 2.05) is 6.07 Å². The zero-order valence-corrected chi connectivity index (χ0v) is 11.2. The molecule has 0 bridgehead atoms.